The van der Waals surface area contributed by atoms with E-state index in [1.54, 1.807) is 0 Å². The maximum Gasteiger partial charge on any atom is 0.0610 e. The van der Waals surface area contributed by atoms with E-state index in [0.29, 0.717) is 0 Å². The second kappa shape index (κ2) is 11.9. The lowest BCUT2D eigenvalue weighted by atomic mass is 9.97. The number of nitrogens with one attached hydrogen (secondary N) is 1. The Morgan fingerprint density at radius 1 is 1.00 bits per heavy atom. The molecule has 0 aromatic carbocycles. The number of aliphatic hydroxyl groups is 1. The molecule has 3 heteroatoms. The van der Waals surface area contributed by atoms with Gasteiger partial charge in [-0.05, 0) is 32.7 Å². The fraction of sp³-hybridized carbons (Fsp3) is 1.00. The molecule has 0 aliphatic rings. The maximum absolute atomic E-state index is 9.34. The van der Waals surface area contributed by atoms with Crippen molar-refractivity contribution in [1.29, 1.82) is 0 Å². The van der Waals surface area contributed by atoms with Crippen molar-refractivity contribution in [2.45, 2.75) is 71.3 Å². The Balaban J connectivity index is 3.33. The molecule has 0 fully saturated rings. The second-order valence-electron chi connectivity index (χ2n) is 5.38. The van der Waals surface area contributed by atoms with Gasteiger partial charge in [0, 0.05) is 18.8 Å². The van der Waals surface area contributed by atoms with Gasteiger partial charge in [-0.3, -0.25) is 0 Å². The van der Waals surface area contributed by atoms with E-state index >= 15 is 0 Å². The summed E-state index contributed by atoms with van der Waals surface area (Å²) >= 11 is 0. The molecule has 0 spiro atoms. The zero-order valence-corrected chi connectivity index (χ0v) is 12.6. The van der Waals surface area contributed by atoms with E-state index in [-0.39, 0.29) is 12.1 Å². The van der Waals surface area contributed by atoms with E-state index in [0.717, 1.165) is 32.6 Å². The number of ether oxygens (including phenoxy) is 1. The van der Waals surface area contributed by atoms with E-state index in [1.165, 1.54) is 32.1 Å². The molecule has 0 aliphatic carbocycles. The third-order valence-electron chi connectivity index (χ3n) is 3.36. The summed E-state index contributed by atoms with van der Waals surface area (Å²) in [6.45, 7) is 9.17. The Kier molecular flexibility index (Phi) is 11.9. The lowest BCUT2D eigenvalue weighted by Crippen LogP contribution is -2.45. The molecular weight excluding hydrogens is 226 g/mol. The van der Waals surface area contributed by atoms with Gasteiger partial charge in [-0.25, -0.2) is 0 Å². The van der Waals surface area contributed by atoms with Crippen LogP contribution in [-0.4, -0.2) is 37.0 Å². The first-order valence-electron chi connectivity index (χ1n) is 7.62. The van der Waals surface area contributed by atoms with Crippen LogP contribution in [0.25, 0.3) is 0 Å². The van der Waals surface area contributed by atoms with Crippen LogP contribution in [0.4, 0.5) is 0 Å². The van der Waals surface area contributed by atoms with Gasteiger partial charge in [-0.1, -0.05) is 39.5 Å². The van der Waals surface area contributed by atoms with Gasteiger partial charge >= 0.3 is 0 Å². The Morgan fingerprint density at radius 2 is 1.67 bits per heavy atom. The summed E-state index contributed by atoms with van der Waals surface area (Å²) in [5.41, 5.74) is -0.140. The van der Waals surface area contributed by atoms with Crippen molar-refractivity contribution in [2.75, 3.05) is 26.4 Å². The van der Waals surface area contributed by atoms with Crippen LogP contribution in [0.1, 0.15) is 65.7 Å². The van der Waals surface area contributed by atoms with Crippen molar-refractivity contribution in [1.82, 2.24) is 5.32 Å². The molecular formula is C15H33NO2. The predicted molar refractivity (Wildman–Crippen MR) is 78.0 cm³/mol. The number of hydrogen-bond donors (Lipinski definition) is 2. The number of aliphatic hydroxyl groups excluding tert-OH is 1. The van der Waals surface area contributed by atoms with Gasteiger partial charge in [-0.15, -0.1) is 0 Å². The summed E-state index contributed by atoms with van der Waals surface area (Å²) in [7, 11) is 0. The Morgan fingerprint density at radius 3 is 2.28 bits per heavy atom. The average Bonchev–Trinajstić information content (AvgIpc) is 2.37. The smallest absolute Gasteiger partial charge is 0.0610 e. The number of likely N-dealkylation sites (N-methyl/N-ethyl adjacent to an activating group) is 1. The number of unbranched alkanes of at least 4 members (excludes halogenated alkanes) is 4. The Labute approximate surface area is 113 Å². The van der Waals surface area contributed by atoms with Crippen LogP contribution in [0.15, 0.2) is 0 Å². The molecule has 0 heterocycles. The summed E-state index contributed by atoms with van der Waals surface area (Å²) in [6, 6.07) is 0. The molecule has 3 nitrogen and oxygen atoms in total. The van der Waals surface area contributed by atoms with Crippen LogP contribution in [-0.2, 0) is 4.74 Å². The van der Waals surface area contributed by atoms with Crippen LogP contribution >= 0.6 is 0 Å². The molecule has 2 N–H and O–H groups in total. The van der Waals surface area contributed by atoms with Gasteiger partial charge in [0.25, 0.3) is 0 Å². The molecule has 0 radical (unpaired) electrons. The van der Waals surface area contributed by atoms with Crippen molar-refractivity contribution in [3.05, 3.63) is 0 Å². The molecule has 18 heavy (non-hydrogen) atoms. The van der Waals surface area contributed by atoms with Crippen LogP contribution in [0.3, 0.4) is 0 Å². The topological polar surface area (TPSA) is 41.5 Å². The van der Waals surface area contributed by atoms with Gasteiger partial charge in [0.05, 0.1) is 6.61 Å². The van der Waals surface area contributed by atoms with Crippen LogP contribution in [0, 0.1) is 0 Å². The lowest BCUT2D eigenvalue weighted by molar-refractivity contribution is 0.108. The fourth-order valence-electron chi connectivity index (χ4n) is 2.12. The van der Waals surface area contributed by atoms with Crippen molar-refractivity contribution in [3.8, 4) is 0 Å². The molecule has 0 rings (SSSR count). The van der Waals surface area contributed by atoms with E-state index in [9.17, 15) is 5.11 Å². The highest BCUT2D eigenvalue weighted by Gasteiger charge is 2.20. The highest BCUT2D eigenvalue weighted by Crippen LogP contribution is 2.11. The van der Waals surface area contributed by atoms with E-state index in [1.807, 2.05) is 0 Å². The first kappa shape index (κ1) is 17.9. The zero-order valence-electron chi connectivity index (χ0n) is 12.6. The number of hydrogen-bond acceptors (Lipinski definition) is 3. The van der Waals surface area contributed by atoms with E-state index < -0.39 is 0 Å². The van der Waals surface area contributed by atoms with Crippen molar-refractivity contribution in [2.24, 2.45) is 0 Å². The summed E-state index contributed by atoms with van der Waals surface area (Å²) in [5, 5.41) is 12.7. The molecule has 0 saturated carbocycles. The van der Waals surface area contributed by atoms with Crippen molar-refractivity contribution in [3.63, 3.8) is 0 Å². The van der Waals surface area contributed by atoms with Crippen LogP contribution in [0.5, 0.6) is 0 Å². The molecule has 110 valence electrons. The molecule has 1 unspecified atom stereocenters. The molecule has 0 saturated heterocycles. The Hall–Kier alpha value is -0.120. The highest BCUT2D eigenvalue weighted by atomic mass is 16.5. The first-order chi connectivity index (χ1) is 8.68. The molecule has 1 atom stereocenters. The summed E-state index contributed by atoms with van der Waals surface area (Å²) in [4.78, 5) is 0. The minimum atomic E-state index is -0.140. The van der Waals surface area contributed by atoms with Crippen LogP contribution in [0.2, 0.25) is 0 Å². The largest absolute Gasteiger partial charge is 0.394 e. The predicted octanol–water partition coefficient (Wildman–Crippen LogP) is 3.11. The summed E-state index contributed by atoms with van der Waals surface area (Å²) in [5.74, 6) is 0. The zero-order chi connectivity index (χ0) is 13.7. The van der Waals surface area contributed by atoms with Crippen molar-refractivity contribution < 1.29 is 9.84 Å². The molecule has 0 amide bonds. The summed E-state index contributed by atoms with van der Waals surface area (Å²) in [6.07, 6.45) is 8.43. The standard InChI is InChI=1S/C15H33NO2/c1-4-6-7-8-9-12-18-13-10-11-15(3,14-17)16-5-2/h16-17H,4-14H2,1-3H3. The van der Waals surface area contributed by atoms with Crippen molar-refractivity contribution >= 4 is 0 Å². The first-order valence-corrected chi connectivity index (χ1v) is 7.62. The normalized spacial score (nSPS) is 14.7. The third-order valence-corrected chi connectivity index (χ3v) is 3.36. The lowest BCUT2D eigenvalue weighted by Gasteiger charge is -2.28. The SMILES string of the molecule is CCCCCCCOCCCC(C)(CO)NCC. The van der Waals surface area contributed by atoms with Gasteiger partial charge in [0.2, 0.25) is 0 Å². The van der Waals surface area contributed by atoms with E-state index in [2.05, 4.69) is 26.1 Å². The highest BCUT2D eigenvalue weighted by molar-refractivity contribution is 4.81. The summed E-state index contributed by atoms with van der Waals surface area (Å²) < 4.78 is 5.62. The average molecular weight is 259 g/mol. The van der Waals surface area contributed by atoms with E-state index in [4.69, 9.17) is 4.74 Å². The van der Waals surface area contributed by atoms with Gasteiger partial charge in [-0.2, -0.15) is 0 Å². The molecule has 0 aromatic heterocycles. The fourth-order valence-corrected chi connectivity index (χ4v) is 2.12. The quantitative estimate of drug-likeness (QED) is 0.499. The molecule has 0 aliphatic heterocycles. The van der Waals surface area contributed by atoms with Gasteiger partial charge in [0.15, 0.2) is 0 Å². The minimum Gasteiger partial charge on any atom is -0.394 e. The van der Waals surface area contributed by atoms with Crippen LogP contribution < -0.4 is 5.32 Å². The number of rotatable bonds is 13. The minimum absolute atomic E-state index is 0.140. The second-order valence-corrected chi connectivity index (χ2v) is 5.38. The monoisotopic (exact) mass is 259 g/mol. The molecule has 0 aromatic rings. The maximum atomic E-state index is 9.34. The molecule has 0 bridgehead atoms. The van der Waals surface area contributed by atoms with Gasteiger partial charge in [0.1, 0.15) is 0 Å². The van der Waals surface area contributed by atoms with Gasteiger partial charge < -0.3 is 15.2 Å². The Bertz CT molecular complexity index is 176. The third kappa shape index (κ3) is 9.86.